The molecule has 4 N–H and O–H groups in total. The zero-order valence-corrected chi connectivity index (χ0v) is 25.8. The number of primary sulfonamides is 1. The average molecular weight is 617 g/mol. The Balaban J connectivity index is 1.38. The number of nitrogens with two attached hydrogens (primary N) is 1. The third-order valence-electron chi connectivity index (χ3n) is 9.81. The number of hydrogen-bond donors (Lipinski definition) is 3. The number of ether oxygens (including phenoxy) is 1. The molecule has 42 heavy (non-hydrogen) atoms. The molecule has 1 aliphatic heterocycles. The van der Waals surface area contributed by atoms with Crippen molar-refractivity contribution < 1.29 is 28.2 Å². The quantitative estimate of drug-likeness (QED) is 0.332. The van der Waals surface area contributed by atoms with Gasteiger partial charge in [-0.1, -0.05) is 36.7 Å². The predicted molar refractivity (Wildman–Crippen MR) is 165 cm³/mol. The van der Waals surface area contributed by atoms with Gasteiger partial charge in [0.2, 0.25) is 10.0 Å². The lowest BCUT2D eigenvalue weighted by Crippen LogP contribution is -2.49. The van der Waals surface area contributed by atoms with Gasteiger partial charge in [0.1, 0.15) is 5.75 Å². The lowest BCUT2D eigenvalue weighted by atomic mass is 9.68. The molecule has 0 bridgehead atoms. The van der Waals surface area contributed by atoms with Crippen LogP contribution in [-0.4, -0.2) is 55.7 Å². The van der Waals surface area contributed by atoms with E-state index in [9.17, 15) is 23.4 Å². The van der Waals surface area contributed by atoms with Crippen molar-refractivity contribution in [1.82, 2.24) is 0 Å². The van der Waals surface area contributed by atoms with Crippen molar-refractivity contribution in [3.63, 3.8) is 0 Å². The highest BCUT2D eigenvalue weighted by molar-refractivity contribution is 7.89. The van der Waals surface area contributed by atoms with Gasteiger partial charge in [-0.15, -0.1) is 0 Å². The summed E-state index contributed by atoms with van der Waals surface area (Å²) in [4.78, 5) is 14.2. The average Bonchev–Trinajstić information content (AvgIpc) is 3.07. The number of benzene rings is 2. The van der Waals surface area contributed by atoms with Gasteiger partial charge in [0.25, 0.3) is 0 Å². The molecule has 0 amide bonds. The van der Waals surface area contributed by atoms with Crippen LogP contribution in [0.15, 0.2) is 48.6 Å². The number of fused-ring (bicyclic) bond motifs is 3. The summed E-state index contributed by atoms with van der Waals surface area (Å²) < 4.78 is 29.8. The SMILES string of the molecule is CC(C/C=C/[C@H](O)[C@@H]1CC[C@H]1CN1C[C@@]2(CCCc3cc(Cl)ccc32)COc2ccc(C(=O)O)cc21)[C@H](C)S(N)(=O)=O. The third-order valence-corrected chi connectivity index (χ3v) is 11.6. The minimum atomic E-state index is -3.61. The Kier molecular flexibility index (Phi) is 8.95. The maximum Gasteiger partial charge on any atom is 0.335 e. The molecule has 1 spiro atoms. The minimum absolute atomic E-state index is 0.0518. The van der Waals surface area contributed by atoms with E-state index >= 15 is 0 Å². The topological polar surface area (TPSA) is 130 Å². The Morgan fingerprint density at radius 3 is 2.71 bits per heavy atom. The minimum Gasteiger partial charge on any atom is -0.490 e. The fourth-order valence-electron chi connectivity index (χ4n) is 6.89. The Morgan fingerprint density at radius 2 is 2.02 bits per heavy atom. The summed E-state index contributed by atoms with van der Waals surface area (Å²) in [7, 11) is -3.61. The van der Waals surface area contributed by atoms with E-state index in [2.05, 4.69) is 17.0 Å². The highest BCUT2D eigenvalue weighted by Crippen LogP contribution is 2.46. The van der Waals surface area contributed by atoms with E-state index in [1.165, 1.54) is 11.1 Å². The first-order chi connectivity index (χ1) is 19.9. The molecule has 3 aliphatic rings. The van der Waals surface area contributed by atoms with Crippen molar-refractivity contribution in [2.75, 3.05) is 24.6 Å². The number of rotatable bonds is 9. The summed E-state index contributed by atoms with van der Waals surface area (Å²) in [5.74, 6) is -0.220. The van der Waals surface area contributed by atoms with E-state index in [4.69, 9.17) is 21.5 Å². The summed E-state index contributed by atoms with van der Waals surface area (Å²) in [6.45, 7) is 5.28. The number of aryl methyl sites for hydroxylation is 1. The monoisotopic (exact) mass is 616 g/mol. The van der Waals surface area contributed by atoms with Gasteiger partial charge in [0.05, 0.1) is 29.2 Å². The molecule has 8 nitrogen and oxygen atoms in total. The fourth-order valence-corrected chi connectivity index (χ4v) is 7.85. The molecule has 1 heterocycles. The second-order valence-corrected chi connectivity index (χ2v) is 14.9. The van der Waals surface area contributed by atoms with Crippen molar-refractivity contribution in [2.24, 2.45) is 22.9 Å². The van der Waals surface area contributed by atoms with Gasteiger partial charge in [0.15, 0.2) is 0 Å². The normalized spacial score (nSPS) is 26.0. The molecule has 10 heteroatoms. The molecule has 1 saturated carbocycles. The van der Waals surface area contributed by atoms with Gasteiger partial charge in [-0.05, 0) is 105 Å². The zero-order valence-electron chi connectivity index (χ0n) is 24.2. The number of halogens is 1. The van der Waals surface area contributed by atoms with Crippen LogP contribution in [0.4, 0.5) is 5.69 Å². The molecular weight excluding hydrogens is 576 g/mol. The number of nitrogens with zero attached hydrogens (tertiary/aromatic N) is 1. The maximum atomic E-state index is 11.9. The van der Waals surface area contributed by atoms with Crippen LogP contribution in [0.1, 0.15) is 67.4 Å². The molecule has 6 atom stereocenters. The van der Waals surface area contributed by atoms with Crippen LogP contribution in [0, 0.1) is 17.8 Å². The van der Waals surface area contributed by atoms with Gasteiger partial charge in [0, 0.05) is 23.5 Å². The number of carboxylic acids is 1. The largest absolute Gasteiger partial charge is 0.490 e. The number of allylic oxidation sites excluding steroid dienone is 1. The summed E-state index contributed by atoms with van der Waals surface area (Å²) in [6, 6.07) is 11.2. The number of sulfonamides is 1. The van der Waals surface area contributed by atoms with Crippen molar-refractivity contribution in [3.05, 3.63) is 70.3 Å². The summed E-state index contributed by atoms with van der Waals surface area (Å²) in [6.07, 6.45) is 8.27. The molecule has 2 aromatic carbocycles. The number of hydrogen-bond acceptors (Lipinski definition) is 6. The van der Waals surface area contributed by atoms with E-state index < -0.39 is 27.3 Å². The molecule has 1 fully saturated rings. The zero-order chi connectivity index (χ0) is 30.2. The van der Waals surface area contributed by atoms with Gasteiger partial charge in [-0.2, -0.15) is 0 Å². The van der Waals surface area contributed by atoms with Gasteiger partial charge < -0.3 is 19.8 Å². The summed E-state index contributed by atoms with van der Waals surface area (Å²) >= 11 is 6.36. The van der Waals surface area contributed by atoms with Gasteiger partial charge in [-0.3, -0.25) is 0 Å². The lowest BCUT2D eigenvalue weighted by Gasteiger charge is -2.45. The van der Waals surface area contributed by atoms with Gasteiger partial charge >= 0.3 is 5.97 Å². The highest BCUT2D eigenvalue weighted by atomic mass is 35.5. The van der Waals surface area contributed by atoms with Crippen molar-refractivity contribution in [1.29, 1.82) is 0 Å². The van der Waals surface area contributed by atoms with Crippen LogP contribution in [0.25, 0.3) is 0 Å². The molecular formula is C32H41ClN2O6S. The Labute approximate surface area is 253 Å². The van der Waals surface area contributed by atoms with Crippen molar-refractivity contribution in [3.8, 4) is 5.75 Å². The number of carboxylic acid groups (broad SMARTS) is 1. The van der Waals surface area contributed by atoms with E-state index in [-0.39, 0.29) is 28.7 Å². The van der Waals surface area contributed by atoms with Crippen molar-refractivity contribution >= 4 is 33.3 Å². The van der Waals surface area contributed by atoms with Crippen LogP contribution in [0.5, 0.6) is 5.75 Å². The Hall–Kier alpha value is -2.59. The van der Waals surface area contributed by atoms with Crippen LogP contribution >= 0.6 is 11.6 Å². The first-order valence-electron chi connectivity index (χ1n) is 14.8. The smallest absolute Gasteiger partial charge is 0.335 e. The summed E-state index contributed by atoms with van der Waals surface area (Å²) in [5.41, 5.74) is 3.20. The molecule has 0 aromatic heterocycles. The number of aromatic carboxylic acids is 1. The molecule has 2 aliphatic carbocycles. The van der Waals surface area contributed by atoms with Gasteiger partial charge in [-0.25, -0.2) is 18.4 Å². The molecule has 1 unspecified atom stereocenters. The first kappa shape index (κ1) is 30.9. The predicted octanol–water partition coefficient (Wildman–Crippen LogP) is 5.16. The number of anilines is 1. The first-order valence-corrected chi connectivity index (χ1v) is 16.8. The fraction of sp³-hybridized carbons (Fsp3) is 0.531. The van der Waals surface area contributed by atoms with E-state index in [1.54, 1.807) is 31.2 Å². The molecule has 0 saturated heterocycles. The number of aliphatic hydroxyl groups excluding tert-OH is 1. The van der Waals surface area contributed by atoms with Crippen LogP contribution in [0.2, 0.25) is 5.02 Å². The van der Waals surface area contributed by atoms with E-state index in [0.717, 1.165) is 42.8 Å². The third kappa shape index (κ3) is 6.34. The van der Waals surface area contributed by atoms with Crippen LogP contribution < -0.4 is 14.8 Å². The maximum absolute atomic E-state index is 11.9. The lowest BCUT2D eigenvalue weighted by molar-refractivity contribution is 0.0456. The van der Waals surface area contributed by atoms with Crippen LogP contribution in [-0.2, 0) is 21.9 Å². The number of carbonyl (C=O) groups is 1. The highest BCUT2D eigenvalue weighted by Gasteiger charge is 2.44. The number of aliphatic hydroxyl groups is 1. The summed E-state index contributed by atoms with van der Waals surface area (Å²) in [5, 5.41) is 26.2. The van der Waals surface area contributed by atoms with E-state index in [1.807, 2.05) is 19.1 Å². The molecule has 5 rings (SSSR count). The van der Waals surface area contributed by atoms with E-state index in [0.29, 0.717) is 31.9 Å². The Bertz CT molecular complexity index is 1460. The Morgan fingerprint density at radius 1 is 1.24 bits per heavy atom. The van der Waals surface area contributed by atoms with Crippen LogP contribution in [0.3, 0.4) is 0 Å². The second kappa shape index (κ2) is 12.2. The molecule has 2 aromatic rings. The molecule has 228 valence electrons. The standard InChI is InChI=1S/C32H41ClN2O6S/c1-20(21(2)42(34,39)40)5-3-7-29(36)26-11-8-24(26)17-35-18-32(14-4-6-22-15-25(33)10-12-27(22)32)19-41-30-13-9-23(31(37)38)16-28(30)35/h3,7,9-10,12-13,15-16,20-21,24,26,29,36H,4-6,8,11,14,17-19H2,1-2H3,(H,37,38)(H2,34,39,40)/b7-3+/t20?,21-,24-,26+,29-,32-/m0/s1. The second-order valence-electron chi connectivity index (χ2n) is 12.5. The molecule has 0 radical (unpaired) electrons. The van der Waals surface area contributed by atoms with Crippen molar-refractivity contribution in [2.45, 2.75) is 69.1 Å².